The average Bonchev–Trinajstić information content (AvgIpc) is 2.89. The van der Waals surface area contributed by atoms with Crippen molar-refractivity contribution in [1.82, 2.24) is 0 Å². The summed E-state index contributed by atoms with van der Waals surface area (Å²) >= 11 is 0. The summed E-state index contributed by atoms with van der Waals surface area (Å²) in [6.07, 6.45) is 10.7. The quantitative estimate of drug-likeness (QED) is 0.823. The number of Topliss-reactive ketones (excluding diaryl/α,β-unsaturated/α-hetero) is 1. The largest absolute Gasteiger partial charge is 0.327 e. The zero-order chi connectivity index (χ0) is 13.0. The van der Waals surface area contributed by atoms with Crippen LogP contribution in [0.1, 0.15) is 58.3 Å². The van der Waals surface area contributed by atoms with Gasteiger partial charge in [0.05, 0.1) is 13.1 Å². The lowest BCUT2D eigenvalue weighted by molar-refractivity contribution is -0.902. The third kappa shape index (κ3) is 1.90. The van der Waals surface area contributed by atoms with E-state index in [1.165, 1.54) is 64.5 Å². The molecule has 4 aliphatic carbocycles. The fourth-order valence-corrected chi connectivity index (χ4v) is 6.32. The third-order valence-electron chi connectivity index (χ3n) is 6.81. The molecule has 2 heteroatoms. The van der Waals surface area contributed by atoms with Crippen molar-refractivity contribution in [3.63, 3.8) is 0 Å². The van der Waals surface area contributed by atoms with Gasteiger partial charge in [-0.2, -0.15) is 0 Å². The van der Waals surface area contributed by atoms with Crippen LogP contribution in [0, 0.1) is 23.2 Å². The van der Waals surface area contributed by atoms with Crippen LogP contribution in [-0.4, -0.2) is 24.9 Å². The highest BCUT2D eigenvalue weighted by Gasteiger charge is 2.56. The normalized spacial score (nSPS) is 46.7. The lowest BCUT2D eigenvalue weighted by atomic mass is 9.48. The first-order chi connectivity index (χ1) is 9.16. The first-order valence-electron chi connectivity index (χ1n) is 8.55. The zero-order valence-corrected chi connectivity index (χ0v) is 12.3. The molecule has 4 saturated carbocycles. The van der Waals surface area contributed by atoms with Crippen LogP contribution in [0.2, 0.25) is 0 Å². The van der Waals surface area contributed by atoms with E-state index in [1.54, 1.807) is 4.90 Å². The van der Waals surface area contributed by atoms with Crippen molar-refractivity contribution >= 4 is 5.78 Å². The first kappa shape index (κ1) is 12.4. The summed E-state index contributed by atoms with van der Waals surface area (Å²) in [6.45, 7) is 4.69. The molecule has 0 aromatic rings. The lowest BCUT2D eigenvalue weighted by Gasteiger charge is -2.56. The van der Waals surface area contributed by atoms with E-state index in [-0.39, 0.29) is 11.5 Å². The summed E-state index contributed by atoms with van der Waals surface area (Å²) in [5.41, 5.74) is 0.129. The van der Waals surface area contributed by atoms with Crippen molar-refractivity contribution in [2.45, 2.75) is 64.3 Å². The van der Waals surface area contributed by atoms with Crippen molar-refractivity contribution in [2.75, 3.05) is 13.1 Å². The second-order valence-electron chi connectivity index (χ2n) is 8.15. The second kappa shape index (κ2) is 4.31. The van der Waals surface area contributed by atoms with E-state index in [0.29, 0.717) is 5.78 Å². The van der Waals surface area contributed by atoms with Crippen LogP contribution in [0.5, 0.6) is 0 Å². The molecule has 5 rings (SSSR count). The predicted molar refractivity (Wildman–Crippen MR) is 75.0 cm³/mol. The maximum atomic E-state index is 13.2. The van der Waals surface area contributed by atoms with Gasteiger partial charge in [-0.1, -0.05) is 0 Å². The Kier molecular flexibility index (Phi) is 2.81. The number of carbonyl (C=O) groups is 1. The van der Waals surface area contributed by atoms with Crippen LogP contribution >= 0.6 is 0 Å². The first-order valence-corrected chi connectivity index (χ1v) is 8.55. The molecule has 1 N–H and O–H groups in total. The second-order valence-corrected chi connectivity index (χ2v) is 8.15. The van der Waals surface area contributed by atoms with Gasteiger partial charge in [0.25, 0.3) is 0 Å². The van der Waals surface area contributed by atoms with E-state index in [9.17, 15) is 4.79 Å². The van der Waals surface area contributed by atoms with Crippen molar-refractivity contribution in [1.29, 1.82) is 0 Å². The van der Waals surface area contributed by atoms with E-state index < -0.39 is 0 Å². The van der Waals surface area contributed by atoms with Gasteiger partial charge < -0.3 is 4.90 Å². The van der Waals surface area contributed by atoms with Crippen molar-refractivity contribution < 1.29 is 9.69 Å². The van der Waals surface area contributed by atoms with E-state index >= 15 is 0 Å². The standard InChI is InChI=1S/C17H27NO/c1-12(18-4-2-3-5-18)16(19)17-9-13-6-14(10-17)8-15(7-13)11-17/h12-15H,2-11H2,1H3/p+1/t12-,13?,14?,15?,17?/m1/s1. The lowest BCUT2D eigenvalue weighted by Crippen LogP contribution is -3.14. The summed E-state index contributed by atoms with van der Waals surface area (Å²) in [5.74, 6) is 3.35. The number of hydrogen-bond donors (Lipinski definition) is 1. The molecule has 4 bridgehead atoms. The Balaban J connectivity index is 1.55. The van der Waals surface area contributed by atoms with Gasteiger partial charge in [0.1, 0.15) is 6.04 Å². The molecule has 5 fully saturated rings. The van der Waals surface area contributed by atoms with Gasteiger partial charge in [-0.15, -0.1) is 0 Å². The topological polar surface area (TPSA) is 21.5 Å². The highest BCUT2D eigenvalue weighted by molar-refractivity contribution is 5.88. The number of ketones is 1. The molecule has 0 radical (unpaired) electrons. The Morgan fingerprint density at radius 2 is 1.47 bits per heavy atom. The van der Waals surface area contributed by atoms with E-state index in [1.807, 2.05) is 0 Å². The molecule has 2 nitrogen and oxygen atoms in total. The van der Waals surface area contributed by atoms with E-state index in [2.05, 4.69) is 6.92 Å². The fourth-order valence-electron chi connectivity index (χ4n) is 6.32. The fraction of sp³-hybridized carbons (Fsp3) is 0.941. The summed E-state index contributed by atoms with van der Waals surface area (Å²) in [7, 11) is 0. The number of likely N-dealkylation sites (tertiary alicyclic amines) is 1. The van der Waals surface area contributed by atoms with Crippen LogP contribution in [0.15, 0.2) is 0 Å². The van der Waals surface area contributed by atoms with Gasteiger partial charge in [0.15, 0.2) is 5.78 Å². The van der Waals surface area contributed by atoms with Crippen LogP contribution < -0.4 is 4.90 Å². The molecule has 1 heterocycles. The van der Waals surface area contributed by atoms with Gasteiger partial charge in [-0.25, -0.2) is 0 Å². The van der Waals surface area contributed by atoms with E-state index in [0.717, 1.165) is 17.8 Å². The van der Waals surface area contributed by atoms with Crippen LogP contribution in [-0.2, 0) is 4.79 Å². The van der Waals surface area contributed by atoms with E-state index in [4.69, 9.17) is 0 Å². The molecular formula is C17H28NO+. The Labute approximate surface area is 116 Å². The molecule has 0 aromatic carbocycles. The highest BCUT2D eigenvalue weighted by Crippen LogP contribution is 2.60. The number of hydrogen-bond acceptors (Lipinski definition) is 1. The molecule has 1 saturated heterocycles. The Morgan fingerprint density at radius 3 is 1.95 bits per heavy atom. The molecule has 0 amide bonds. The number of nitrogens with one attached hydrogen (secondary N) is 1. The molecule has 0 spiro atoms. The summed E-state index contributed by atoms with van der Waals surface area (Å²) in [5, 5.41) is 0. The minimum Gasteiger partial charge on any atom is -0.327 e. The molecule has 106 valence electrons. The van der Waals surface area contributed by atoms with Crippen molar-refractivity contribution in [3.8, 4) is 0 Å². The molecule has 1 atom stereocenters. The van der Waals surface area contributed by atoms with Gasteiger partial charge in [-0.05, 0) is 63.2 Å². The van der Waals surface area contributed by atoms with Crippen molar-refractivity contribution in [3.05, 3.63) is 0 Å². The number of carbonyl (C=O) groups excluding carboxylic acids is 1. The number of rotatable bonds is 3. The zero-order valence-electron chi connectivity index (χ0n) is 12.3. The molecule has 5 aliphatic rings. The molecule has 1 aliphatic heterocycles. The molecular weight excluding hydrogens is 234 g/mol. The van der Waals surface area contributed by atoms with Gasteiger partial charge in [0, 0.05) is 18.3 Å². The predicted octanol–water partition coefficient (Wildman–Crippen LogP) is 1.84. The SMILES string of the molecule is C[C@H](C(=O)C12CC3CC(CC(C3)C1)C2)[NH+]1CCCC1. The summed E-state index contributed by atoms with van der Waals surface area (Å²) < 4.78 is 0. The smallest absolute Gasteiger partial charge is 0.195 e. The average molecular weight is 262 g/mol. The third-order valence-corrected chi connectivity index (χ3v) is 6.81. The maximum absolute atomic E-state index is 13.2. The highest BCUT2D eigenvalue weighted by atomic mass is 16.1. The summed E-state index contributed by atoms with van der Waals surface area (Å²) in [6, 6.07) is 0.277. The van der Waals surface area contributed by atoms with Crippen molar-refractivity contribution in [2.24, 2.45) is 23.2 Å². The van der Waals surface area contributed by atoms with Gasteiger partial charge in [-0.3, -0.25) is 4.79 Å². The minimum absolute atomic E-state index is 0.129. The Bertz CT molecular complexity index is 347. The monoisotopic (exact) mass is 262 g/mol. The Morgan fingerprint density at radius 1 is 1.00 bits per heavy atom. The maximum Gasteiger partial charge on any atom is 0.195 e. The van der Waals surface area contributed by atoms with Crippen LogP contribution in [0.4, 0.5) is 0 Å². The minimum atomic E-state index is 0.129. The summed E-state index contributed by atoms with van der Waals surface area (Å²) in [4.78, 5) is 14.7. The Hall–Kier alpha value is -0.370. The molecule has 19 heavy (non-hydrogen) atoms. The molecule has 0 unspecified atom stereocenters. The number of quaternary nitrogens is 1. The molecule has 0 aromatic heterocycles. The van der Waals surface area contributed by atoms with Gasteiger partial charge >= 0.3 is 0 Å². The van der Waals surface area contributed by atoms with Crippen LogP contribution in [0.3, 0.4) is 0 Å². The van der Waals surface area contributed by atoms with Gasteiger partial charge in [0.2, 0.25) is 0 Å². The van der Waals surface area contributed by atoms with Crippen LogP contribution in [0.25, 0.3) is 0 Å².